The van der Waals surface area contributed by atoms with Crippen LogP contribution >= 0.6 is 15.9 Å². The van der Waals surface area contributed by atoms with E-state index in [4.69, 9.17) is 35.3 Å². The normalized spacial score (nSPS) is 11.7. The van der Waals surface area contributed by atoms with E-state index in [1.165, 1.54) is 33.0 Å². The molecule has 0 aliphatic heterocycles. The zero-order chi connectivity index (χ0) is 46.5. The van der Waals surface area contributed by atoms with Gasteiger partial charge >= 0.3 is 59.1 Å². The Balaban J connectivity index is 0.000000333. The number of hydrogen-bond donors (Lipinski definition) is 2. The van der Waals surface area contributed by atoms with Gasteiger partial charge in [-0.15, -0.1) is 0 Å². The van der Waals surface area contributed by atoms with Crippen LogP contribution in [0.15, 0.2) is 138 Å². The average Bonchev–Trinajstić information content (AvgIpc) is 3.74. The van der Waals surface area contributed by atoms with E-state index in [9.17, 15) is 4.79 Å². The molecule has 330 valence electrons. The van der Waals surface area contributed by atoms with Crippen molar-refractivity contribution < 1.29 is 94.9 Å². The van der Waals surface area contributed by atoms with E-state index in [0.29, 0.717) is 5.82 Å². The van der Waals surface area contributed by atoms with Crippen molar-refractivity contribution in [2.24, 2.45) is 0 Å². The van der Waals surface area contributed by atoms with Crippen molar-refractivity contribution in [3.63, 3.8) is 0 Å². The van der Waals surface area contributed by atoms with Crippen LogP contribution in [0.25, 0.3) is 60.3 Å². The predicted octanol–water partition coefficient (Wildman–Crippen LogP) is 4.44. The van der Waals surface area contributed by atoms with Gasteiger partial charge in [-0.25, -0.2) is 9.97 Å². The zero-order valence-electron chi connectivity index (χ0n) is 40.1. The Morgan fingerprint density at radius 2 is 1.33 bits per heavy atom. The molecule has 0 spiro atoms. The molecule has 14 heteroatoms. The number of hydrogen-bond acceptors (Lipinski definition) is 10. The Hall–Kier alpha value is -4.95. The number of aliphatic hydroxyl groups excluding tert-OH is 1. The summed E-state index contributed by atoms with van der Waals surface area (Å²) in [6, 6.07) is 35.1. The number of aryl methyl sites for hydroxylation is 2. The summed E-state index contributed by atoms with van der Waals surface area (Å²) in [5.74, 6) is 2.18. The molecule has 8 aromatic rings. The summed E-state index contributed by atoms with van der Waals surface area (Å²) in [7, 11) is 3.35. The number of methoxy groups -OCH3 is 2. The van der Waals surface area contributed by atoms with Gasteiger partial charge in [0.15, 0.2) is 6.29 Å². The number of nitrogen functional groups attached to an aromatic ring is 1. The van der Waals surface area contributed by atoms with Crippen molar-refractivity contribution in [3.8, 4) is 22.8 Å². The second kappa shape index (κ2) is 26.4. The topological polar surface area (TPSA) is 161 Å². The van der Waals surface area contributed by atoms with Gasteiger partial charge in [-0.2, -0.15) is 0 Å². The molecular weight excluding hydrogens is 918 g/mol. The first-order chi connectivity index (χ1) is 30.8. The molecule has 3 aromatic heterocycles. The molecule has 0 saturated carbocycles. The quantitative estimate of drug-likeness (QED) is 0.0464. The number of pyridine rings is 2. The summed E-state index contributed by atoms with van der Waals surface area (Å²) >= 11 is 3.30. The second-order valence-corrected chi connectivity index (χ2v) is 15.9. The number of aromatic nitrogens is 3. The number of benzene rings is 5. The predicted molar refractivity (Wildman–Crippen MR) is 261 cm³/mol. The van der Waals surface area contributed by atoms with Gasteiger partial charge in [0.1, 0.15) is 39.4 Å². The SMILES string of the molecule is CC(C)O.CC1=[C+]C=CC(C)=C1C(Br)C=O.COc1ccc2c(c1)c(N)nc1ccccc12.COc1ccc2c3ccccc3n3c(-c4c(C)cccc4C)cnc3c2c1.O=CO[O-].[H-].[Na+].[Na+]. The molecule has 66 heavy (non-hydrogen) atoms. The second-order valence-electron chi connectivity index (χ2n) is 14.9. The fraction of sp³-hybridized carbons (Fsp3) is 0.192. The third-order valence-electron chi connectivity index (χ3n) is 10.2. The largest absolute Gasteiger partial charge is 1.00 e. The van der Waals surface area contributed by atoms with Crippen LogP contribution in [0.3, 0.4) is 0 Å². The molecule has 5 aromatic carbocycles. The van der Waals surface area contributed by atoms with Gasteiger partial charge in [0.2, 0.25) is 0 Å². The molecule has 11 nitrogen and oxygen atoms in total. The number of anilines is 1. The van der Waals surface area contributed by atoms with Crippen molar-refractivity contribution in [2.45, 2.75) is 52.5 Å². The number of halogens is 1. The standard InChI is InChI=1S/C24H20N2O.C14H12N2O.C10H10BrO.C3H8O.CH2O3.2Na.H/c1-15-7-6-8-16(2)23(15)22-14-25-24-20-13-17(27-3)11-12-18(20)19-9-4-5-10-21(19)26(22)24;1-17-9-6-7-10-11-4-2-3-5-13(11)16-14(15)12(10)8-9;1-7-4-3-5-8(2)10(7)9(11)6-12;1-3(2)4;2-1-4-3;;;/h4-14H,1-3H3;2-8H,1H3,(H2,15,16);3-4,6,9H,1-2H3;3-4H,1-2H3;1,3H;;;/q;;+1;;;2*+1;-1/p-1. The Morgan fingerprint density at radius 1 is 0.788 bits per heavy atom. The summed E-state index contributed by atoms with van der Waals surface area (Å²) in [6.07, 6.45) is 9.62. The van der Waals surface area contributed by atoms with Gasteiger partial charge in [-0.05, 0) is 112 Å². The van der Waals surface area contributed by atoms with E-state index >= 15 is 0 Å². The molecule has 0 radical (unpaired) electrons. The molecule has 1 aliphatic rings. The van der Waals surface area contributed by atoms with Gasteiger partial charge in [-0.3, -0.25) is 9.20 Å². The number of nitrogens with two attached hydrogens (primary N) is 1. The van der Waals surface area contributed by atoms with Crippen LogP contribution in [0.4, 0.5) is 5.82 Å². The Kier molecular flexibility index (Phi) is 22.2. The van der Waals surface area contributed by atoms with E-state index in [1.54, 1.807) is 28.1 Å². The molecule has 3 N–H and O–H groups in total. The molecule has 0 amide bonds. The number of ether oxygens (including phenoxy) is 2. The van der Waals surface area contributed by atoms with Gasteiger partial charge in [-0.1, -0.05) is 70.5 Å². The van der Waals surface area contributed by atoms with Crippen molar-refractivity contribution in [3.05, 3.63) is 155 Å². The fourth-order valence-electron chi connectivity index (χ4n) is 7.48. The summed E-state index contributed by atoms with van der Waals surface area (Å²) < 4.78 is 13.0. The maximum atomic E-state index is 10.5. The van der Waals surface area contributed by atoms with E-state index in [0.717, 1.165) is 72.9 Å². The van der Waals surface area contributed by atoms with Gasteiger partial charge in [0.25, 0.3) is 6.47 Å². The van der Waals surface area contributed by atoms with E-state index in [1.807, 2.05) is 74.7 Å². The van der Waals surface area contributed by atoms with Crippen LogP contribution in [0, 0.1) is 19.9 Å². The minimum Gasteiger partial charge on any atom is -1.00 e. The number of nitrogens with zero attached hydrogens (tertiary/aromatic N) is 3. The van der Waals surface area contributed by atoms with Crippen LogP contribution in [0.2, 0.25) is 0 Å². The van der Waals surface area contributed by atoms with Crippen molar-refractivity contribution in [2.75, 3.05) is 20.0 Å². The number of carbonyl (C=O) groups excluding carboxylic acids is 2. The van der Waals surface area contributed by atoms with E-state index in [-0.39, 0.29) is 77.9 Å². The molecule has 1 unspecified atom stereocenters. The molecule has 9 rings (SSSR count). The summed E-state index contributed by atoms with van der Waals surface area (Å²) in [5.41, 5.74) is 17.1. The molecule has 1 atom stereocenters. The summed E-state index contributed by atoms with van der Waals surface area (Å²) in [4.78, 5) is 30.8. The molecular formula is C52H52BrN4Na2O7+. The number of carbonyl (C=O) groups is 2. The first-order valence-corrected chi connectivity index (χ1v) is 21.2. The first-order valence-electron chi connectivity index (χ1n) is 20.3. The van der Waals surface area contributed by atoms with Crippen LogP contribution in [-0.4, -0.2) is 57.4 Å². The number of para-hydroxylation sites is 2. The Bertz CT molecular complexity index is 3020. The monoisotopic (exact) mass is 969 g/mol. The molecule has 3 heterocycles. The van der Waals surface area contributed by atoms with E-state index in [2.05, 4.69) is 111 Å². The van der Waals surface area contributed by atoms with Gasteiger partial charge in [0, 0.05) is 39.3 Å². The minimum atomic E-state index is -0.199. The van der Waals surface area contributed by atoms with Gasteiger partial charge < -0.3 is 36.7 Å². The van der Waals surface area contributed by atoms with Crippen molar-refractivity contribution in [1.29, 1.82) is 0 Å². The van der Waals surface area contributed by atoms with Crippen molar-refractivity contribution >= 4 is 83.5 Å². The molecule has 0 fully saturated rings. The Morgan fingerprint density at radius 3 is 1.89 bits per heavy atom. The van der Waals surface area contributed by atoms with Gasteiger partial charge in [0.05, 0.1) is 54.4 Å². The minimum absolute atomic E-state index is 0. The van der Waals surface area contributed by atoms with Crippen LogP contribution < -0.4 is 79.6 Å². The first kappa shape index (κ1) is 55.4. The number of allylic oxidation sites excluding steroid dienone is 6. The third kappa shape index (κ3) is 13.1. The number of rotatable bonds is 6. The smallest absolute Gasteiger partial charge is 1.00 e. The molecule has 0 saturated heterocycles. The number of alkyl halides is 1. The van der Waals surface area contributed by atoms with Crippen LogP contribution in [-0.2, 0) is 14.5 Å². The maximum absolute atomic E-state index is 10.5. The van der Waals surface area contributed by atoms with Crippen LogP contribution in [0.1, 0.15) is 40.2 Å². The van der Waals surface area contributed by atoms with Crippen LogP contribution in [0.5, 0.6) is 11.5 Å². The number of aliphatic hydroxyl groups is 1. The van der Waals surface area contributed by atoms with Crippen molar-refractivity contribution in [1.82, 2.24) is 14.4 Å². The number of aldehydes is 1. The fourth-order valence-corrected chi connectivity index (χ4v) is 8.18. The summed E-state index contributed by atoms with van der Waals surface area (Å²) in [6.45, 7) is 11.5. The maximum Gasteiger partial charge on any atom is 1.00 e. The molecule has 0 bridgehead atoms. The summed E-state index contributed by atoms with van der Waals surface area (Å²) in [5, 5.41) is 23.1. The molecule has 1 aliphatic carbocycles. The Labute approximate surface area is 439 Å². The van der Waals surface area contributed by atoms with E-state index < -0.39 is 0 Å². The third-order valence-corrected chi connectivity index (χ3v) is 10.9. The number of imidazole rings is 1. The average molecular weight is 971 g/mol. The zero-order valence-corrected chi connectivity index (χ0v) is 44.6. The number of fused-ring (bicyclic) bond motifs is 9.